The van der Waals surface area contributed by atoms with Crippen LogP contribution < -0.4 is 0 Å². The highest BCUT2D eigenvalue weighted by molar-refractivity contribution is 5.79. The molecule has 1 aliphatic carbocycles. The molecule has 1 amide bonds. The van der Waals surface area contributed by atoms with Crippen molar-refractivity contribution in [2.75, 3.05) is 13.1 Å². The number of piperazine rings is 1. The first kappa shape index (κ1) is 16.5. The average Bonchev–Trinajstić information content (AvgIpc) is 2.59. The Morgan fingerprint density at radius 3 is 2.22 bits per heavy atom. The van der Waals surface area contributed by atoms with Gasteiger partial charge in [0.25, 0.3) is 0 Å². The highest BCUT2D eigenvalue weighted by atomic mass is 16.2. The number of hydrogen-bond donors (Lipinski definition) is 0. The Hall–Kier alpha value is -1.35. The fraction of sp³-hybridized carbons (Fsp3) is 0.650. The number of rotatable bonds is 3. The molecule has 1 saturated heterocycles. The van der Waals surface area contributed by atoms with Gasteiger partial charge in [-0.15, -0.1) is 0 Å². The Morgan fingerprint density at radius 2 is 1.61 bits per heavy atom. The minimum Gasteiger partial charge on any atom is -0.339 e. The lowest BCUT2D eigenvalue weighted by molar-refractivity contribution is -0.141. The van der Waals surface area contributed by atoms with E-state index in [1.807, 2.05) is 0 Å². The summed E-state index contributed by atoms with van der Waals surface area (Å²) >= 11 is 0. The number of carbonyl (C=O) groups excluding carboxylic acids is 1. The van der Waals surface area contributed by atoms with Crippen LogP contribution in [0.3, 0.4) is 0 Å². The largest absolute Gasteiger partial charge is 0.339 e. The summed E-state index contributed by atoms with van der Waals surface area (Å²) in [6, 6.07) is 11.5. The van der Waals surface area contributed by atoms with Gasteiger partial charge in [0.1, 0.15) is 0 Å². The molecular formula is C20H30N2O. The second-order valence-corrected chi connectivity index (χ2v) is 7.43. The predicted molar refractivity (Wildman–Crippen MR) is 94.1 cm³/mol. The van der Waals surface area contributed by atoms with E-state index in [0.717, 1.165) is 32.5 Å². The molecule has 3 heteroatoms. The molecule has 2 aliphatic rings. The summed E-state index contributed by atoms with van der Waals surface area (Å²) in [5.41, 5.74) is 1.36. The standard InChI is InChI=1S/C20H30N2O/c1-16-13-21(20(23)19-11-7-4-8-12-19)14-17(2)22(16)15-18-9-5-3-6-10-18/h3,5-6,9-10,16-17,19H,4,7-8,11-15H2,1-2H3. The monoisotopic (exact) mass is 314 g/mol. The lowest BCUT2D eigenvalue weighted by Gasteiger charge is -2.45. The van der Waals surface area contributed by atoms with Gasteiger partial charge in [-0.3, -0.25) is 9.69 Å². The van der Waals surface area contributed by atoms with E-state index in [1.165, 1.54) is 24.8 Å². The quantitative estimate of drug-likeness (QED) is 0.849. The van der Waals surface area contributed by atoms with Crippen LogP contribution in [0.15, 0.2) is 30.3 Å². The first-order chi connectivity index (χ1) is 11.1. The molecule has 2 atom stereocenters. The first-order valence-electron chi connectivity index (χ1n) is 9.23. The van der Waals surface area contributed by atoms with Crippen molar-refractivity contribution in [1.29, 1.82) is 0 Å². The minimum atomic E-state index is 0.295. The molecule has 2 unspecified atom stereocenters. The molecule has 1 aromatic rings. The van der Waals surface area contributed by atoms with Crippen molar-refractivity contribution in [3.05, 3.63) is 35.9 Å². The third kappa shape index (κ3) is 3.95. The summed E-state index contributed by atoms with van der Waals surface area (Å²) in [5, 5.41) is 0. The van der Waals surface area contributed by atoms with Gasteiger partial charge in [-0.1, -0.05) is 49.6 Å². The lowest BCUT2D eigenvalue weighted by Crippen LogP contribution is -2.58. The van der Waals surface area contributed by atoms with Gasteiger partial charge in [0.2, 0.25) is 5.91 Å². The second-order valence-electron chi connectivity index (χ2n) is 7.43. The molecule has 3 nitrogen and oxygen atoms in total. The van der Waals surface area contributed by atoms with Crippen molar-refractivity contribution in [2.24, 2.45) is 5.92 Å². The molecular weight excluding hydrogens is 284 g/mol. The zero-order chi connectivity index (χ0) is 16.2. The topological polar surface area (TPSA) is 23.6 Å². The second kappa shape index (κ2) is 7.48. The maximum absolute atomic E-state index is 12.8. The van der Waals surface area contributed by atoms with E-state index < -0.39 is 0 Å². The highest BCUT2D eigenvalue weighted by Crippen LogP contribution is 2.27. The van der Waals surface area contributed by atoms with Gasteiger partial charge in [0.05, 0.1) is 0 Å². The van der Waals surface area contributed by atoms with Gasteiger partial charge < -0.3 is 4.90 Å². The van der Waals surface area contributed by atoms with Crippen molar-refractivity contribution < 1.29 is 4.79 Å². The number of carbonyl (C=O) groups is 1. The van der Waals surface area contributed by atoms with Crippen LogP contribution in [-0.2, 0) is 11.3 Å². The molecule has 0 aromatic heterocycles. The first-order valence-corrected chi connectivity index (χ1v) is 9.23. The SMILES string of the molecule is CC1CN(C(=O)C2CCCCC2)CC(C)N1Cc1ccccc1. The molecule has 1 heterocycles. The Kier molecular flexibility index (Phi) is 5.37. The number of nitrogens with zero attached hydrogens (tertiary/aromatic N) is 2. The summed E-state index contributed by atoms with van der Waals surface area (Å²) in [5.74, 6) is 0.714. The smallest absolute Gasteiger partial charge is 0.225 e. The maximum Gasteiger partial charge on any atom is 0.225 e. The Balaban J connectivity index is 1.61. The van der Waals surface area contributed by atoms with Crippen molar-refractivity contribution in [3.8, 4) is 0 Å². The normalized spacial score (nSPS) is 27.1. The third-order valence-electron chi connectivity index (χ3n) is 5.58. The summed E-state index contributed by atoms with van der Waals surface area (Å²) in [4.78, 5) is 17.5. The van der Waals surface area contributed by atoms with E-state index >= 15 is 0 Å². The van der Waals surface area contributed by atoms with Gasteiger partial charge in [-0.2, -0.15) is 0 Å². The van der Waals surface area contributed by atoms with Crippen LogP contribution in [0.2, 0.25) is 0 Å². The van der Waals surface area contributed by atoms with E-state index in [4.69, 9.17) is 0 Å². The van der Waals surface area contributed by atoms with Crippen LogP contribution in [0.1, 0.15) is 51.5 Å². The average molecular weight is 314 g/mol. The highest BCUT2D eigenvalue weighted by Gasteiger charge is 2.34. The van der Waals surface area contributed by atoms with Crippen LogP contribution >= 0.6 is 0 Å². The Labute approximate surface area is 140 Å². The van der Waals surface area contributed by atoms with Gasteiger partial charge in [-0.25, -0.2) is 0 Å². The lowest BCUT2D eigenvalue weighted by atomic mass is 9.87. The summed E-state index contributed by atoms with van der Waals surface area (Å²) in [7, 11) is 0. The van der Waals surface area contributed by atoms with Crippen molar-refractivity contribution in [3.63, 3.8) is 0 Å². The van der Waals surface area contributed by atoms with Crippen molar-refractivity contribution >= 4 is 5.91 Å². The fourth-order valence-electron chi connectivity index (χ4n) is 4.25. The van der Waals surface area contributed by atoms with E-state index in [1.54, 1.807) is 0 Å². The number of benzene rings is 1. The summed E-state index contributed by atoms with van der Waals surface area (Å²) in [6.45, 7) is 7.27. The molecule has 0 radical (unpaired) electrons. The molecule has 1 aliphatic heterocycles. The molecule has 2 fully saturated rings. The third-order valence-corrected chi connectivity index (χ3v) is 5.58. The molecule has 1 aromatic carbocycles. The van der Waals surface area contributed by atoms with Crippen molar-refractivity contribution in [1.82, 2.24) is 9.80 Å². The maximum atomic E-state index is 12.8. The van der Waals surface area contributed by atoms with E-state index in [-0.39, 0.29) is 0 Å². The zero-order valence-electron chi connectivity index (χ0n) is 14.6. The van der Waals surface area contributed by atoms with Crippen LogP contribution in [-0.4, -0.2) is 40.9 Å². The van der Waals surface area contributed by atoms with E-state index in [2.05, 4.69) is 54.0 Å². The molecule has 3 rings (SSSR count). The van der Waals surface area contributed by atoms with Crippen molar-refractivity contribution in [2.45, 2.75) is 64.6 Å². The zero-order valence-corrected chi connectivity index (χ0v) is 14.6. The van der Waals surface area contributed by atoms with E-state index in [0.29, 0.717) is 23.9 Å². The number of hydrogen-bond acceptors (Lipinski definition) is 2. The fourth-order valence-corrected chi connectivity index (χ4v) is 4.25. The Bertz CT molecular complexity index is 498. The van der Waals surface area contributed by atoms with Gasteiger partial charge >= 0.3 is 0 Å². The molecule has 0 bridgehead atoms. The molecule has 126 valence electrons. The van der Waals surface area contributed by atoms with Crippen LogP contribution in [0.4, 0.5) is 0 Å². The Morgan fingerprint density at radius 1 is 1.00 bits per heavy atom. The van der Waals surface area contributed by atoms with Crippen LogP contribution in [0, 0.1) is 5.92 Å². The number of amides is 1. The molecule has 1 saturated carbocycles. The van der Waals surface area contributed by atoms with Gasteiger partial charge in [-0.05, 0) is 32.3 Å². The van der Waals surface area contributed by atoms with Gasteiger partial charge in [0.15, 0.2) is 0 Å². The molecule has 0 N–H and O–H groups in total. The van der Waals surface area contributed by atoms with Crippen LogP contribution in [0.5, 0.6) is 0 Å². The summed E-state index contributed by atoms with van der Waals surface area (Å²) < 4.78 is 0. The van der Waals surface area contributed by atoms with E-state index in [9.17, 15) is 4.79 Å². The molecule has 0 spiro atoms. The van der Waals surface area contributed by atoms with Gasteiger partial charge in [0, 0.05) is 37.6 Å². The molecule has 23 heavy (non-hydrogen) atoms. The van der Waals surface area contributed by atoms with Crippen LogP contribution in [0.25, 0.3) is 0 Å². The minimum absolute atomic E-state index is 0.295. The predicted octanol–water partition coefficient (Wildman–Crippen LogP) is 3.69. The summed E-state index contributed by atoms with van der Waals surface area (Å²) in [6.07, 6.45) is 5.98.